The number of fused-ring (bicyclic) bond motifs is 1. The highest BCUT2D eigenvalue weighted by Crippen LogP contribution is 2.30. The molecule has 3 nitrogen and oxygen atoms in total. The van der Waals surface area contributed by atoms with E-state index in [2.05, 4.69) is 0 Å². The highest BCUT2D eigenvalue weighted by molar-refractivity contribution is 6.07. The maximum Gasteiger partial charge on any atom is 0.258 e. The molecule has 1 aliphatic rings. The van der Waals surface area contributed by atoms with Crippen LogP contribution in [0.1, 0.15) is 15.9 Å². The molecule has 1 aliphatic heterocycles. The van der Waals surface area contributed by atoms with Crippen LogP contribution in [0.4, 0.5) is 24.5 Å². The zero-order chi connectivity index (χ0) is 15.1. The number of hydrogen-bond acceptors (Lipinski definition) is 2. The van der Waals surface area contributed by atoms with E-state index in [9.17, 15) is 18.0 Å². The van der Waals surface area contributed by atoms with E-state index in [1.165, 1.54) is 17.0 Å². The average Bonchev–Trinajstić information content (AvgIpc) is 2.86. The van der Waals surface area contributed by atoms with Gasteiger partial charge >= 0.3 is 0 Å². The number of nitrogen functional groups attached to an aromatic ring is 1. The Morgan fingerprint density at radius 3 is 2.43 bits per heavy atom. The molecule has 0 saturated carbocycles. The van der Waals surface area contributed by atoms with E-state index >= 15 is 0 Å². The molecule has 2 aromatic carbocycles. The van der Waals surface area contributed by atoms with E-state index in [1.54, 1.807) is 6.07 Å². The molecule has 0 aliphatic carbocycles. The van der Waals surface area contributed by atoms with Crippen LogP contribution in [-0.4, -0.2) is 12.5 Å². The molecule has 21 heavy (non-hydrogen) atoms. The summed E-state index contributed by atoms with van der Waals surface area (Å²) < 4.78 is 40.2. The minimum atomic E-state index is -0.989. The van der Waals surface area contributed by atoms with Crippen molar-refractivity contribution in [2.45, 2.75) is 6.42 Å². The fraction of sp³-hybridized carbons (Fsp3) is 0.133. The molecule has 0 unspecified atom stereocenters. The van der Waals surface area contributed by atoms with E-state index in [4.69, 9.17) is 5.73 Å². The summed E-state index contributed by atoms with van der Waals surface area (Å²) in [5.74, 6) is -3.03. The zero-order valence-corrected chi connectivity index (χ0v) is 10.9. The summed E-state index contributed by atoms with van der Waals surface area (Å²) in [4.78, 5) is 13.7. The number of carbonyl (C=O) groups excluding carboxylic acids is 1. The molecule has 0 saturated heterocycles. The molecule has 0 atom stereocenters. The molecule has 0 radical (unpaired) electrons. The first-order chi connectivity index (χ1) is 9.97. The van der Waals surface area contributed by atoms with Gasteiger partial charge in [0.15, 0.2) is 0 Å². The molecule has 108 valence electrons. The number of amides is 1. The summed E-state index contributed by atoms with van der Waals surface area (Å²) in [7, 11) is 0. The number of rotatable bonds is 1. The van der Waals surface area contributed by atoms with Crippen LogP contribution in [0.15, 0.2) is 30.3 Å². The largest absolute Gasteiger partial charge is 0.394 e. The Morgan fingerprint density at radius 1 is 1.10 bits per heavy atom. The quantitative estimate of drug-likeness (QED) is 0.821. The Bertz CT molecular complexity index is 723. The molecule has 0 fully saturated rings. The van der Waals surface area contributed by atoms with Crippen LogP contribution in [0.25, 0.3) is 0 Å². The van der Waals surface area contributed by atoms with Crippen molar-refractivity contribution in [2.24, 2.45) is 0 Å². The third-order valence-electron chi connectivity index (χ3n) is 3.51. The lowest BCUT2D eigenvalue weighted by atomic mass is 10.1. The minimum absolute atomic E-state index is 0.156. The Kier molecular flexibility index (Phi) is 3.08. The van der Waals surface area contributed by atoms with Gasteiger partial charge in [-0.25, -0.2) is 13.2 Å². The molecule has 1 amide bonds. The van der Waals surface area contributed by atoms with Crippen molar-refractivity contribution in [1.29, 1.82) is 0 Å². The molecule has 3 rings (SSSR count). The van der Waals surface area contributed by atoms with Crippen LogP contribution in [0.3, 0.4) is 0 Å². The van der Waals surface area contributed by atoms with E-state index in [0.717, 1.165) is 17.7 Å². The van der Waals surface area contributed by atoms with E-state index < -0.39 is 29.0 Å². The third kappa shape index (κ3) is 2.22. The predicted molar refractivity (Wildman–Crippen MR) is 72.6 cm³/mol. The van der Waals surface area contributed by atoms with Crippen molar-refractivity contribution in [3.05, 3.63) is 58.9 Å². The Morgan fingerprint density at radius 2 is 1.76 bits per heavy atom. The topological polar surface area (TPSA) is 46.3 Å². The number of benzene rings is 2. The van der Waals surface area contributed by atoms with Crippen molar-refractivity contribution < 1.29 is 18.0 Å². The first-order valence-corrected chi connectivity index (χ1v) is 6.32. The summed E-state index contributed by atoms with van der Waals surface area (Å²) in [6.07, 6.45) is 0.571. The number of nitrogens with zero attached hydrogens (tertiary/aromatic N) is 1. The second kappa shape index (κ2) is 4.80. The normalized spacial score (nSPS) is 13.4. The van der Waals surface area contributed by atoms with Crippen LogP contribution in [0.2, 0.25) is 0 Å². The summed E-state index contributed by atoms with van der Waals surface area (Å²) in [5, 5.41) is 0. The smallest absolute Gasteiger partial charge is 0.258 e. The number of hydrogen-bond donors (Lipinski definition) is 1. The SMILES string of the molecule is Nc1c(F)cc(C(=O)N2CCc3ccc(F)cc32)cc1F. The molecule has 1 heterocycles. The predicted octanol–water partition coefficient (Wildman–Crippen LogP) is 2.89. The van der Waals surface area contributed by atoms with Gasteiger partial charge in [-0.3, -0.25) is 4.79 Å². The van der Waals surface area contributed by atoms with Crippen molar-refractivity contribution in [1.82, 2.24) is 0 Å². The van der Waals surface area contributed by atoms with Crippen LogP contribution in [0.5, 0.6) is 0 Å². The van der Waals surface area contributed by atoms with E-state index in [1.807, 2.05) is 0 Å². The van der Waals surface area contributed by atoms with Gasteiger partial charge in [0.1, 0.15) is 23.1 Å². The molecule has 2 N–H and O–H groups in total. The van der Waals surface area contributed by atoms with Gasteiger partial charge in [-0.05, 0) is 36.2 Å². The lowest BCUT2D eigenvalue weighted by Crippen LogP contribution is -2.29. The standard InChI is InChI=1S/C15H11F3N2O/c16-10-2-1-8-3-4-20(13(8)7-10)15(21)9-5-11(17)14(19)12(18)6-9/h1-2,5-7H,3-4,19H2. The Hall–Kier alpha value is -2.50. The van der Waals surface area contributed by atoms with E-state index in [-0.39, 0.29) is 5.56 Å². The first-order valence-electron chi connectivity index (χ1n) is 6.32. The van der Waals surface area contributed by atoms with Crippen molar-refractivity contribution in [3.63, 3.8) is 0 Å². The molecule has 0 spiro atoms. The van der Waals surface area contributed by atoms with Crippen LogP contribution < -0.4 is 10.6 Å². The summed E-state index contributed by atoms with van der Waals surface area (Å²) in [6, 6.07) is 5.93. The maximum atomic E-state index is 13.5. The molecular formula is C15H11F3N2O. The van der Waals surface area contributed by atoms with Crippen LogP contribution in [-0.2, 0) is 6.42 Å². The lowest BCUT2D eigenvalue weighted by Gasteiger charge is -2.17. The second-order valence-corrected chi connectivity index (χ2v) is 4.83. The van der Waals surface area contributed by atoms with E-state index in [0.29, 0.717) is 18.7 Å². The third-order valence-corrected chi connectivity index (χ3v) is 3.51. The first kappa shape index (κ1) is 13.5. The number of anilines is 2. The van der Waals surface area contributed by atoms with Gasteiger partial charge in [0.25, 0.3) is 5.91 Å². The lowest BCUT2D eigenvalue weighted by molar-refractivity contribution is 0.0988. The second-order valence-electron chi connectivity index (χ2n) is 4.83. The summed E-state index contributed by atoms with van der Waals surface area (Å²) in [5.41, 5.74) is 5.64. The van der Waals surface area contributed by atoms with Gasteiger partial charge in [0.05, 0.1) is 5.69 Å². The Balaban J connectivity index is 2.00. The van der Waals surface area contributed by atoms with Gasteiger partial charge < -0.3 is 10.6 Å². The molecule has 0 aromatic heterocycles. The summed E-state index contributed by atoms with van der Waals surface area (Å²) in [6.45, 7) is 0.339. The van der Waals surface area contributed by atoms with Gasteiger partial charge in [-0.1, -0.05) is 6.07 Å². The molecule has 2 aromatic rings. The number of halogens is 3. The van der Waals surface area contributed by atoms with Crippen molar-refractivity contribution >= 4 is 17.3 Å². The average molecular weight is 292 g/mol. The number of carbonyl (C=O) groups is 1. The molecular weight excluding hydrogens is 281 g/mol. The number of nitrogens with two attached hydrogens (primary N) is 1. The Labute approximate surface area is 118 Å². The fourth-order valence-corrected chi connectivity index (χ4v) is 2.43. The maximum absolute atomic E-state index is 13.5. The van der Waals surface area contributed by atoms with Gasteiger partial charge in [-0.15, -0.1) is 0 Å². The molecule has 0 bridgehead atoms. The molecule has 6 heteroatoms. The van der Waals surface area contributed by atoms with Crippen molar-refractivity contribution in [3.8, 4) is 0 Å². The van der Waals surface area contributed by atoms with Gasteiger partial charge in [0.2, 0.25) is 0 Å². The zero-order valence-electron chi connectivity index (χ0n) is 10.9. The monoisotopic (exact) mass is 292 g/mol. The highest BCUT2D eigenvalue weighted by atomic mass is 19.1. The van der Waals surface area contributed by atoms with Crippen LogP contribution in [0, 0.1) is 17.5 Å². The highest BCUT2D eigenvalue weighted by Gasteiger charge is 2.27. The van der Waals surface area contributed by atoms with Crippen LogP contribution >= 0.6 is 0 Å². The van der Waals surface area contributed by atoms with Crippen molar-refractivity contribution in [2.75, 3.05) is 17.2 Å². The minimum Gasteiger partial charge on any atom is -0.394 e. The fourth-order valence-electron chi connectivity index (χ4n) is 2.43. The van der Waals surface area contributed by atoms with Gasteiger partial charge in [0, 0.05) is 12.1 Å². The van der Waals surface area contributed by atoms with Gasteiger partial charge in [-0.2, -0.15) is 0 Å². The summed E-state index contributed by atoms with van der Waals surface area (Å²) >= 11 is 0.